The van der Waals surface area contributed by atoms with Crippen molar-refractivity contribution in [2.24, 2.45) is 4.99 Å². The van der Waals surface area contributed by atoms with Gasteiger partial charge in [0.25, 0.3) is 0 Å². The topological polar surface area (TPSA) is 24.4 Å². The van der Waals surface area contributed by atoms with Crippen LogP contribution < -0.4 is 5.32 Å². The molecule has 1 heterocycles. The molecule has 1 N–H and O–H groups in total. The number of nitrogens with zero attached hydrogens (tertiary/aromatic N) is 1. The molecule has 18 heavy (non-hydrogen) atoms. The predicted octanol–water partition coefficient (Wildman–Crippen LogP) is 4.59. The summed E-state index contributed by atoms with van der Waals surface area (Å²) in [6.07, 6.45) is 5.21. The maximum absolute atomic E-state index is 4.93. The average molecular weight is 325 g/mol. The van der Waals surface area contributed by atoms with E-state index in [-0.39, 0.29) is 5.54 Å². The molecule has 2 aliphatic rings. The summed E-state index contributed by atoms with van der Waals surface area (Å²) < 4.78 is 1.11. The predicted molar refractivity (Wildman–Crippen MR) is 83.6 cm³/mol. The van der Waals surface area contributed by atoms with E-state index in [1.807, 2.05) is 11.8 Å². The molecule has 1 spiro atoms. The molecule has 1 aromatic carbocycles. The van der Waals surface area contributed by atoms with Crippen LogP contribution in [0.3, 0.4) is 0 Å². The lowest BCUT2D eigenvalue weighted by molar-refractivity contribution is 0.508. The molecule has 0 aromatic heterocycles. The third-order valence-electron chi connectivity index (χ3n) is 3.72. The van der Waals surface area contributed by atoms with E-state index in [1.165, 1.54) is 31.2 Å². The molecule has 1 saturated carbocycles. The minimum absolute atomic E-state index is 0.254. The molecule has 4 heteroatoms. The van der Waals surface area contributed by atoms with Gasteiger partial charge < -0.3 is 5.32 Å². The first-order valence-corrected chi connectivity index (χ1v) is 8.21. The Kier molecular flexibility index (Phi) is 3.41. The summed E-state index contributed by atoms with van der Waals surface area (Å²) in [6.45, 7) is 2.10. The van der Waals surface area contributed by atoms with Crippen LogP contribution in [-0.4, -0.2) is 16.5 Å². The summed E-state index contributed by atoms with van der Waals surface area (Å²) in [5, 5.41) is 4.54. The molecule has 0 amide bonds. The van der Waals surface area contributed by atoms with E-state index in [9.17, 15) is 0 Å². The van der Waals surface area contributed by atoms with Crippen molar-refractivity contribution >= 4 is 38.5 Å². The summed E-state index contributed by atoms with van der Waals surface area (Å²) in [4.78, 5) is 4.93. The second-order valence-corrected chi connectivity index (χ2v) is 7.06. The normalized spacial score (nSPS) is 21.3. The molecule has 0 unspecified atom stereocenters. The van der Waals surface area contributed by atoms with Crippen molar-refractivity contribution in [2.45, 2.75) is 38.1 Å². The molecule has 0 atom stereocenters. The molecule has 0 bridgehead atoms. The van der Waals surface area contributed by atoms with E-state index >= 15 is 0 Å². The zero-order valence-corrected chi connectivity index (χ0v) is 12.9. The molecule has 0 saturated heterocycles. The summed E-state index contributed by atoms with van der Waals surface area (Å²) in [5.41, 5.74) is 2.63. The average Bonchev–Trinajstić information content (AvgIpc) is 2.94. The highest BCUT2D eigenvalue weighted by molar-refractivity contribution is 9.10. The van der Waals surface area contributed by atoms with Gasteiger partial charge in [0, 0.05) is 10.2 Å². The lowest BCUT2D eigenvalue weighted by Gasteiger charge is -2.16. The number of aliphatic imine (C=N–C) groups is 1. The molecule has 96 valence electrons. The SMILES string of the molecule is Cc1ccc(NC2=NC3(CCCC3)CS2)c(Br)c1. The number of aryl methyl sites for hydroxylation is 1. The van der Waals surface area contributed by atoms with Crippen molar-refractivity contribution in [3.8, 4) is 0 Å². The largest absolute Gasteiger partial charge is 0.334 e. The number of rotatable bonds is 1. The van der Waals surface area contributed by atoms with E-state index in [2.05, 4.69) is 46.4 Å². The number of benzene rings is 1. The molecule has 1 aromatic rings. The number of nitrogens with one attached hydrogen (secondary N) is 1. The minimum Gasteiger partial charge on any atom is -0.334 e. The molecule has 1 aliphatic carbocycles. The van der Waals surface area contributed by atoms with E-state index < -0.39 is 0 Å². The highest BCUT2D eigenvalue weighted by Gasteiger charge is 2.38. The van der Waals surface area contributed by atoms with Crippen LogP contribution in [0.15, 0.2) is 27.7 Å². The maximum Gasteiger partial charge on any atom is 0.161 e. The lowest BCUT2D eigenvalue weighted by atomic mass is 10.0. The highest BCUT2D eigenvalue weighted by Crippen LogP contribution is 2.41. The van der Waals surface area contributed by atoms with Crippen molar-refractivity contribution in [3.05, 3.63) is 28.2 Å². The zero-order valence-electron chi connectivity index (χ0n) is 10.5. The van der Waals surface area contributed by atoms with Crippen LogP contribution >= 0.6 is 27.7 Å². The van der Waals surface area contributed by atoms with Crippen molar-refractivity contribution in [1.29, 1.82) is 0 Å². The molecule has 2 nitrogen and oxygen atoms in total. The first-order valence-electron chi connectivity index (χ1n) is 6.43. The molecule has 1 fully saturated rings. The first kappa shape index (κ1) is 12.5. The van der Waals surface area contributed by atoms with Gasteiger partial charge in [0.15, 0.2) is 5.17 Å². The van der Waals surface area contributed by atoms with E-state index in [0.29, 0.717) is 0 Å². The van der Waals surface area contributed by atoms with Crippen LogP contribution in [0.25, 0.3) is 0 Å². The summed E-state index contributed by atoms with van der Waals surface area (Å²) in [6, 6.07) is 6.37. The first-order chi connectivity index (χ1) is 8.67. The zero-order chi connectivity index (χ0) is 12.6. The van der Waals surface area contributed by atoms with Crippen molar-refractivity contribution in [2.75, 3.05) is 11.1 Å². The van der Waals surface area contributed by atoms with Crippen LogP contribution in [0.5, 0.6) is 0 Å². The number of hydrogen-bond acceptors (Lipinski definition) is 3. The molecule has 3 rings (SSSR count). The molecule has 0 radical (unpaired) electrons. The second kappa shape index (κ2) is 4.89. The fourth-order valence-electron chi connectivity index (χ4n) is 2.67. The second-order valence-electron chi connectivity index (χ2n) is 5.25. The van der Waals surface area contributed by atoms with E-state index in [1.54, 1.807) is 0 Å². The molecule has 1 aliphatic heterocycles. The summed E-state index contributed by atoms with van der Waals surface area (Å²) in [5.74, 6) is 1.15. The van der Waals surface area contributed by atoms with Crippen LogP contribution in [-0.2, 0) is 0 Å². The number of amidine groups is 1. The summed E-state index contributed by atoms with van der Waals surface area (Å²) >= 11 is 5.47. The fraction of sp³-hybridized carbons (Fsp3) is 0.500. The monoisotopic (exact) mass is 324 g/mol. The Labute approximate surface area is 121 Å². The van der Waals surface area contributed by atoms with Crippen LogP contribution in [0.2, 0.25) is 0 Å². The maximum atomic E-state index is 4.93. The Morgan fingerprint density at radius 2 is 2.11 bits per heavy atom. The Morgan fingerprint density at radius 3 is 2.83 bits per heavy atom. The van der Waals surface area contributed by atoms with Crippen molar-refractivity contribution in [1.82, 2.24) is 0 Å². The van der Waals surface area contributed by atoms with Gasteiger partial charge in [0.05, 0.1) is 11.2 Å². The molecular formula is C14H17BrN2S. The number of hydrogen-bond donors (Lipinski definition) is 1. The smallest absolute Gasteiger partial charge is 0.161 e. The summed E-state index contributed by atoms with van der Waals surface area (Å²) in [7, 11) is 0. The van der Waals surface area contributed by atoms with E-state index in [4.69, 9.17) is 4.99 Å². The van der Waals surface area contributed by atoms with Crippen LogP contribution in [0, 0.1) is 6.92 Å². The van der Waals surface area contributed by atoms with Crippen LogP contribution in [0.4, 0.5) is 5.69 Å². The minimum atomic E-state index is 0.254. The van der Waals surface area contributed by atoms with E-state index in [0.717, 1.165) is 21.1 Å². The molecular weight excluding hydrogens is 308 g/mol. The third kappa shape index (κ3) is 2.45. The lowest BCUT2D eigenvalue weighted by Crippen LogP contribution is -2.21. The highest BCUT2D eigenvalue weighted by atomic mass is 79.9. The Bertz CT molecular complexity index is 493. The van der Waals surface area contributed by atoms with Gasteiger partial charge in [-0.2, -0.15) is 0 Å². The van der Waals surface area contributed by atoms with Gasteiger partial charge in [-0.1, -0.05) is 30.7 Å². The fourth-order valence-corrected chi connectivity index (χ4v) is 4.46. The van der Waals surface area contributed by atoms with Gasteiger partial charge in [0.1, 0.15) is 0 Å². The van der Waals surface area contributed by atoms with Gasteiger partial charge in [-0.15, -0.1) is 0 Å². The Balaban J connectivity index is 1.77. The van der Waals surface area contributed by atoms with Gasteiger partial charge in [-0.25, -0.2) is 0 Å². The van der Waals surface area contributed by atoms with Crippen LogP contribution in [0.1, 0.15) is 31.2 Å². The van der Waals surface area contributed by atoms with Crippen molar-refractivity contribution < 1.29 is 0 Å². The van der Waals surface area contributed by atoms with Crippen molar-refractivity contribution in [3.63, 3.8) is 0 Å². The van der Waals surface area contributed by atoms with Gasteiger partial charge in [-0.3, -0.25) is 4.99 Å². The van der Waals surface area contributed by atoms with Gasteiger partial charge in [-0.05, 0) is 53.4 Å². The number of anilines is 1. The number of halogens is 1. The Morgan fingerprint density at radius 1 is 1.33 bits per heavy atom. The Hall–Kier alpha value is -0.480. The quantitative estimate of drug-likeness (QED) is 0.817. The third-order valence-corrected chi connectivity index (χ3v) is 5.52. The van der Waals surface area contributed by atoms with Gasteiger partial charge in [0.2, 0.25) is 0 Å². The standard InChI is InChI=1S/C14H17BrN2S/c1-10-4-5-12(11(15)8-10)16-13-17-14(9-18-13)6-2-3-7-14/h4-5,8H,2-3,6-7,9H2,1H3,(H,16,17). The number of thioether (sulfide) groups is 1. The van der Waals surface area contributed by atoms with Gasteiger partial charge >= 0.3 is 0 Å².